The van der Waals surface area contributed by atoms with E-state index in [0.717, 1.165) is 0 Å². The summed E-state index contributed by atoms with van der Waals surface area (Å²) in [5, 5.41) is 1.44. The molecular formula is C61H71BN2S. The Kier molecular flexibility index (Phi) is 8.31. The number of thiophene rings is 1. The highest BCUT2D eigenvalue weighted by Gasteiger charge is 2.54. The quantitative estimate of drug-likeness (QED) is 0.160. The maximum atomic E-state index is 2.76. The average Bonchev–Trinajstić information content (AvgIpc) is 3.84. The van der Waals surface area contributed by atoms with Gasteiger partial charge in [-0.15, -0.1) is 11.3 Å². The minimum Gasteiger partial charge on any atom is -0.311 e. The van der Waals surface area contributed by atoms with Crippen molar-refractivity contribution >= 4 is 78.0 Å². The van der Waals surface area contributed by atoms with Crippen LogP contribution in [0.3, 0.4) is 0 Å². The Labute approximate surface area is 395 Å². The Morgan fingerprint density at radius 2 is 1.09 bits per heavy atom. The van der Waals surface area contributed by atoms with E-state index < -0.39 is 0 Å². The summed E-state index contributed by atoms with van der Waals surface area (Å²) in [6.45, 7) is 36.9. The second-order valence-corrected chi connectivity index (χ2v) is 27.4. The molecule has 2 aliphatic heterocycles. The van der Waals surface area contributed by atoms with Crippen molar-refractivity contribution in [1.29, 1.82) is 0 Å². The first-order valence-corrected chi connectivity index (χ1v) is 26.0. The highest BCUT2D eigenvalue weighted by Crippen LogP contribution is 2.62. The maximum Gasteiger partial charge on any atom is 0.264 e. The van der Waals surface area contributed by atoms with E-state index in [0.29, 0.717) is 0 Å². The van der Waals surface area contributed by atoms with Gasteiger partial charge in [0.1, 0.15) is 0 Å². The molecule has 2 nitrogen and oxygen atoms in total. The fourth-order valence-electron chi connectivity index (χ4n) is 14.4. The van der Waals surface area contributed by atoms with Gasteiger partial charge in [-0.1, -0.05) is 114 Å². The molecule has 1 aromatic heterocycles. The first-order chi connectivity index (χ1) is 30.3. The molecule has 6 aliphatic rings. The summed E-state index contributed by atoms with van der Waals surface area (Å²) in [6, 6.07) is 30.8. The molecule has 4 aliphatic carbocycles. The molecule has 2 atom stereocenters. The third kappa shape index (κ3) is 5.71. The average molecular weight is 875 g/mol. The molecule has 0 saturated heterocycles. The summed E-state index contributed by atoms with van der Waals surface area (Å²) in [6.07, 6.45) is 8.69. The molecule has 4 heteroatoms. The zero-order valence-electron chi connectivity index (χ0n) is 42.3. The molecule has 2 bridgehead atoms. The highest BCUT2D eigenvalue weighted by molar-refractivity contribution is 7.33. The second kappa shape index (κ2) is 12.8. The SMILES string of the molecule is Cc1cc2c3c(c1)N(c1ccc4c(c1)C(C)(C)CCC4(C)C)c1c(sc4cc5c(cc14)C1(C)CCC5(C)C1)B3c1cc(C(C)(C)C)ccc1N2c1cc2c(cc1C)C(C)(C)CCC2(C)C. The van der Waals surface area contributed by atoms with Gasteiger partial charge in [0.15, 0.2) is 0 Å². The van der Waals surface area contributed by atoms with E-state index in [-0.39, 0.29) is 44.6 Å². The van der Waals surface area contributed by atoms with Crippen LogP contribution in [0.5, 0.6) is 0 Å². The number of rotatable bonds is 2. The molecule has 65 heavy (non-hydrogen) atoms. The predicted molar refractivity (Wildman–Crippen MR) is 283 cm³/mol. The van der Waals surface area contributed by atoms with Crippen LogP contribution in [0.25, 0.3) is 10.1 Å². The Balaban J connectivity index is 1.19. The lowest BCUT2D eigenvalue weighted by atomic mass is 9.36. The van der Waals surface area contributed by atoms with Crippen molar-refractivity contribution in [1.82, 2.24) is 0 Å². The molecule has 0 amide bonds. The number of fused-ring (bicyclic) bond motifs is 13. The monoisotopic (exact) mass is 875 g/mol. The van der Waals surface area contributed by atoms with Crippen molar-refractivity contribution in [2.75, 3.05) is 9.80 Å². The Morgan fingerprint density at radius 1 is 0.523 bits per heavy atom. The van der Waals surface area contributed by atoms with E-state index in [1.807, 2.05) is 0 Å². The van der Waals surface area contributed by atoms with Crippen LogP contribution in [0.1, 0.15) is 185 Å². The Morgan fingerprint density at radius 3 is 1.72 bits per heavy atom. The van der Waals surface area contributed by atoms with Gasteiger partial charge in [-0.3, -0.25) is 0 Å². The summed E-state index contributed by atoms with van der Waals surface area (Å²) < 4.78 is 2.95. The van der Waals surface area contributed by atoms with Gasteiger partial charge >= 0.3 is 0 Å². The molecule has 334 valence electrons. The van der Waals surface area contributed by atoms with E-state index in [2.05, 4.69) is 198 Å². The zero-order valence-corrected chi connectivity index (χ0v) is 43.1. The van der Waals surface area contributed by atoms with Crippen LogP contribution in [0.4, 0.5) is 34.1 Å². The van der Waals surface area contributed by atoms with Crippen LogP contribution < -0.4 is 25.5 Å². The third-order valence-electron chi connectivity index (χ3n) is 18.6. The number of hydrogen-bond acceptors (Lipinski definition) is 3. The van der Waals surface area contributed by atoms with Crippen LogP contribution in [-0.2, 0) is 37.9 Å². The van der Waals surface area contributed by atoms with E-state index in [1.165, 1.54) is 144 Å². The molecular weight excluding hydrogens is 804 g/mol. The fourth-order valence-corrected chi connectivity index (χ4v) is 15.7. The molecule has 5 aromatic carbocycles. The molecule has 2 unspecified atom stereocenters. The van der Waals surface area contributed by atoms with Crippen molar-refractivity contribution in [3.8, 4) is 0 Å². The number of benzene rings is 5. The van der Waals surface area contributed by atoms with Crippen LogP contribution in [-0.4, -0.2) is 6.71 Å². The number of nitrogens with zero attached hydrogens (tertiary/aromatic N) is 2. The van der Waals surface area contributed by atoms with Crippen molar-refractivity contribution < 1.29 is 0 Å². The molecule has 1 saturated carbocycles. The van der Waals surface area contributed by atoms with Gasteiger partial charge in [-0.2, -0.15) is 0 Å². The summed E-state index contributed by atoms with van der Waals surface area (Å²) in [5.41, 5.74) is 25.3. The van der Waals surface area contributed by atoms with Gasteiger partial charge in [-0.25, -0.2) is 0 Å². The minimum absolute atomic E-state index is 0.00592. The van der Waals surface area contributed by atoms with Crippen molar-refractivity contribution in [3.63, 3.8) is 0 Å². The van der Waals surface area contributed by atoms with E-state index in [9.17, 15) is 0 Å². The summed E-state index contributed by atoms with van der Waals surface area (Å²) >= 11 is 2.10. The predicted octanol–water partition coefficient (Wildman–Crippen LogP) is 15.3. The third-order valence-corrected chi connectivity index (χ3v) is 19.8. The topological polar surface area (TPSA) is 6.48 Å². The second-order valence-electron chi connectivity index (χ2n) is 26.3. The lowest BCUT2D eigenvalue weighted by molar-refractivity contribution is 0.332. The molecule has 0 N–H and O–H groups in total. The van der Waals surface area contributed by atoms with Crippen LogP contribution in [0.2, 0.25) is 0 Å². The maximum absolute atomic E-state index is 2.76. The van der Waals surface area contributed by atoms with Gasteiger partial charge < -0.3 is 9.80 Å². The van der Waals surface area contributed by atoms with Crippen molar-refractivity contribution in [2.45, 2.75) is 187 Å². The van der Waals surface area contributed by atoms with Crippen LogP contribution >= 0.6 is 11.3 Å². The standard InChI is InChI=1S/C61H71BN2S/c1-35-26-49-52-50(27-35)64(48-32-43-41(28-36(48)2)57(8,9)22-23-59(43,12)13)47-19-16-37(55(3,4)5)29-46(47)62(52)54-53(39-31-44-45(33-51(39)65-54)61(15)25-24-60(44,14)34-61)63(49)38-17-18-40-42(30-38)58(10,11)21-20-56(40,6)7/h16-19,26-33H,20-25,34H2,1-15H3. The Hall–Kier alpha value is -4.28. The summed E-state index contributed by atoms with van der Waals surface area (Å²) in [4.78, 5) is 5.47. The molecule has 12 rings (SSSR count). The first-order valence-electron chi connectivity index (χ1n) is 25.1. The van der Waals surface area contributed by atoms with E-state index >= 15 is 0 Å². The zero-order chi connectivity index (χ0) is 45.9. The highest BCUT2D eigenvalue weighted by atomic mass is 32.1. The Bertz CT molecular complexity index is 3090. The first kappa shape index (κ1) is 42.1. The summed E-state index contributed by atoms with van der Waals surface area (Å²) in [7, 11) is 0. The molecule has 6 aromatic rings. The van der Waals surface area contributed by atoms with Gasteiger partial charge in [-0.05, 0) is 206 Å². The summed E-state index contributed by atoms with van der Waals surface area (Å²) in [5.74, 6) is 0. The largest absolute Gasteiger partial charge is 0.311 e. The normalized spacial score (nSPS) is 24.6. The molecule has 0 radical (unpaired) electrons. The number of hydrogen-bond donors (Lipinski definition) is 0. The lowest BCUT2D eigenvalue weighted by Gasteiger charge is -2.46. The smallest absolute Gasteiger partial charge is 0.264 e. The minimum atomic E-state index is 0.00592. The number of anilines is 6. The molecule has 3 heterocycles. The lowest BCUT2D eigenvalue weighted by Crippen LogP contribution is -2.60. The van der Waals surface area contributed by atoms with Gasteiger partial charge in [0, 0.05) is 43.3 Å². The number of aryl methyl sites for hydroxylation is 2. The van der Waals surface area contributed by atoms with Gasteiger partial charge in [0.2, 0.25) is 0 Å². The molecule has 1 fully saturated rings. The van der Waals surface area contributed by atoms with Gasteiger partial charge in [0.25, 0.3) is 6.71 Å². The van der Waals surface area contributed by atoms with E-state index in [4.69, 9.17) is 0 Å². The van der Waals surface area contributed by atoms with Crippen molar-refractivity contribution in [2.24, 2.45) is 0 Å². The van der Waals surface area contributed by atoms with Crippen LogP contribution in [0.15, 0.2) is 72.8 Å². The van der Waals surface area contributed by atoms with E-state index in [1.54, 1.807) is 11.1 Å². The fraction of sp³-hybridized carbons (Fsp3) is 0.475. The van der Waals surface area contributed by atoms with Crippen molar-refractivity contribution in [3.05, 3.63) is 123 Å². The van der Waals surface area contributed by atoms with Crippen LogP contribution in [0, 0.1) is 13.8 Å². The van der Waals surface area contributed by atoms with Gasteiger partial charge in [0.05, 0.1) is 5.69 Å². The molecule has 0 spiro atoms.